The van der Waals surface area contributed by atoms with Gasteiger partial charge in [-0.3, -0.25) is 0 Å². The van der Waals surface area contributed by atoms with E-state index in [9.17, 15) is 8.42 Å². The van der Waals surface area contributed by atoms with Gasteiger partial charge in [0, 0.05) is 21.0 Å². The molecule has 4 rings (SSSR count). The van der Waals surface area contributed by atoms with Crippen molar-refractivity contribution in [1.82, 2.24) is 4.68 Å². The molecule has 0 unspecified atom stereocenters. The second kappa shape index (κ2) is 6.41. The maximum absolute atomic E-state index is 12.4. The van der Waals surface area contributed by atoms with Gasteiger partial charge in [-0.05, 0) is 28.5 Å². The molecular weight excluding hydrogens is 398 g/mol. The van der Waals surface area contributed by atoms with Gasteiger partial charge in [0.15, 0.2) is 5.52 Å². The fourth-order valence-electron chi connectivity index (χ4n) is 3.73. The number of benzene rings is 2. The number of para-hydroxylation sites is 2. The molecule has 0 aliphatic rings. The summed E-state index contributed by atoms with van der Waals surface area (Å²) in [4.78, 5) is 0. The van der Waals surface area contributed by atoms with Gasteiger partial charge < -0.3 is 4.42 Å². The van der Waals surface area contributed by atoms with Crippen molar-refractivity contribution in [1.29, 1.82) is 0 Å². The number of oxazole rings is 1. The largest absolute Gasteiger partial charge is 0.400 e. The Kier molecular flexibility index (Phi) is 4.40. The van der Waals surface area contributed by atoms with Crippen LogP contribution in [0.1, 0.15) is 52.7 Å². The molecule has 2 heterocycles. The van der Waals surface area contributed by atoms with Crippen LogP contribution in [-0.4, -0.2) is 19.3 Å². The Balaban J connectivity index is 2.12. The molecular formula is C23H29N3O3S+2. The lowest BCUT2D eigenvalue weighted by atomic mass is 9.80. The van der Waals surface area contributed by atoms with E-state index in [-0.39, 0.29) is 10.8 Å². The first kappa shape index (κ1) is 20.6. The first-order chi connectivity index (χ1) is 13.8. The second-order valence-corrected chi connectivity index (χ2v) is 11.8. The minimum atomic E-state index is -3.46. The molecule has 0 aliphatic heterocycles. The molecule has 0 N–H and O–H groups in total. The quantitative estimate of drug-likeness (QED) is 0.459. The van der Waals surface area contributed by atoms with Crippen LogP contribution in [0.3, 0.4) is 0 Å². The Labute approximate surface area is 177 Å². The summed E-state index contributed by atoms with van der Waals surface area (Å²) in [6.45, 7) is 13.1. The summed E-state index contributed by atoms with van der Waals surface area (Å²) in [6, 6.07) is 11.8. The molecule has 0 atom stereocenters. The minimum absolute atomic E-state index is 0.0469. The number of rotatable bonds is 2. The molecule has 0 saturated heterocycles. The number of nitrogens with zero attached hydrogens (tertiary/aromatic N) is 3. The average Bonchev–Trinajstić information content (AvgIpc) is 3.19. The number of imidazole rings is 1. The maximum Gasteiger partial charge on any atom is 0.384 e. The fraction of sp³-hybridized carbons (Fsp3) is 0.391. The van der Waals surface area contributed by atoms with Crippen LogP contribution in [0, 0.1) is 0 Å². The van der Waals surface area contributed by atoms with Gasteiger partial charge >= 0.3 is 28.3 Å². The number of hydrogen-bond acceptors (Lipinski definition) is 3. The Morgan fingerprint density at radius 3 is 2.20 bits per heavy atom. The predicted molar refractivity (Wildman–Crippen MR) is 117 cm³/mol. The smallest absolute Gasteiger partial charge is 0.384 e. The van der Waals surface area contributed by atoms with Crippen molar-refractivity contribution in [3.63, 3.8) is 0 Å². The first-order valence-electron chi connectivity index (χ1n) is 9.99. The highest BCUT2D eigenvalue weighted by molar-refractivity contribution is 7.84. The minimum Gasteiger partial charge on any atom is -0.400 e. The van der Waals surface area contributed by atoms with E-state index in [2.05, 4.69) is 53.7 Å². The third kappa shape index (κ3) is 3.31. The van der Waals surface area contributed by atoms with E-state index in [1.54, 1.807) is 18.8 Å². The van der Waals surface area contributed by atoms with Gasteiger partial charge in [-0.2, -0.15) is 8.42 Å². The van der Waals surface area contributed by atoms with E-state index < -0.39 is 10.0 Å². The van der Waals surface area contributed by atoms with Gasteiger partial charge in [0.05, 0.1) is 6.26 Å². The van der Waals surface area contributed by atoms with Crippen LogP contribution in [0.15, 0.2) is 53.5 Å². The van der Waals surface area contributed by atoms with Crippen molar-refractivity contribution in [2.24, 2.45) is 0 Å². The lowest BCUT2D eigenvalue weighted by Crippen LogP contribution is -2.44. The van der Waals surface area contributed by atoms with Crippen molar-refractivity contribution in [3.05, 3.63) is 60.2 Å². The van der Waals surface area contributed by atoms with Crippen molar-refractivity contribution in [3.8, 4) is 0 Å². The van der Waals surface area contributed by atoms with Crippen LogP contribution in [0.4, 0.5) is 0 Å². The summed E-state index contributed by atoms with van der Waals surface area (Å²) in [5, 5.41) is 0. The zero-order valence-electron chi connectivity index (χ0n) is 18.6. The Bertz CT molecular complexity index is 1380. The van der Waals surface area contributed by atoms with Crippen LogP contribution >= 0.6 is 0 Å². The molecule has 0 bridgehead atoms. The molecule has 0 amide bonds. The van der Waals surface area contributed by atoms with E-state index in [0.29, 0.717) is 5.52 Å². The van der Waals surface area contributed by atoms with Crippen molar-refractivity contribution in [2.45, 2.75) is 52.4 Å². The molecule has 4 aromatic rings. The van der Waals surface area contributed by atoms with E-state index >= 15 is 0 Å². The predicted octanol–water partition coefficient (Wildman–Crippen LogP) is 3.68. The normalized spacial score (nSPS) is 13.4. The van der Waals surface area contributed by atoms with Gasteiger partial charge in [-0.15, -0.1) is 3.97 Å². The van der Waals surface area contributed by atoms with Gasteiger partial charge in [-0.1, -0.05) is 59.7 Å². The number of hydrogen-bond donors (Lipinski definition) is 0. The molecule has 30 heavy (non-hydrogen) atoms. The molecule has 2 aromatic carbocycles. The Hall–Kier alpha value is -2.67. The summed E-state index contributed by atoms with van der Waals surface area (Å²) in [5.41, 5.74) is 5.25. The summed E-state index contributed by atoms with van der Waals surface area (Å²) < 4.78 is 35.8. The van der Waals surface area contributed by atoms with Gasteiger partial charge in [0.25, 0.3) is 0 Å². The SMILES string of the molecule is CC(C)(C)c1cc(C(C)(C)C)c2oc[n+](-n3c[n+](S(C)(=O)=O)c4ccccc43)c2c1. The number of aromatic nitrogens is 3. The van der Waals surface area contributed by atoms with E-state index in [1.807, 2.05) is 27.6 Å². The molecule has 2 aromatic heterocycles. The summed E-state index contributed by atoms with van der Waals surface area (Å²) in [7, 11) is -3.46. The van der Waals surface area contributed by atoms with E-state index in [4.69, 9.17) is 4.42 Å². The van der Waals surface area contributed by atoms with E-state index in [1.165, 1.54) is 15.8 Å². The Morgan fingerprint density at radius 1 is 0.933 bits per heavy atom. The van der Waals surface area contributed by atoms with Gasteiger partial charge in [-0.25, -0.2) is 0 Å². The van der Waals surface area contributed by atoms with Crippen molar-refractivity contribution >= 4 is 32.2 Å². The molecule has 0 aliphatic carbocycles. The molecule has 158 valence electrons. The molecule has 0 saturated carbocycles. The second-order valence-electron chi connectivity index (χ2n) is 9.95. The van der Waals surface area contributed by atoms with Crippen LogP contribution < -0.4 is 8.65 Å². The highest BCUT2D eigenvalue weighted by atomic mass is 32.2. The van der Waals surface area contributed by atoms with Gasteiger partial charge in [0.1, 0.15) is 0 Å². The highest BCUT2D eigenvalue weighted by Crippen LogP contribution is 2.34. The lowest BCUT2D eigenvalue weighted by molar-refractivity contribution is -0.712. The van der Waals surface area contributed by atoms with Crippen LogP contribution in [0.25, 0.3) is 22.1 Å². The summed E-state index contributed by atoms with van der Waals surface area (Å²) in [5.74, 6) is 0. The standard InChI is InChI=1S/C23H29N3O3S/c1-22(2,3)16-12-17(23(4,5)6)21-20(13-16)25(15-29-21)24-14-26(30(7,27)28)19-11-9-8-10-18(19)24/h8-15H,1-7H3/q+2. The van der Waals surface area contributed by atoms with Crippen LogP contribution in [-0.2, 0) is 20.9 Å². The third-order valence-electron chi connectivity index (χ3n) is 5.43. The van der Waals surface area contributed by atoms with Crippen molar-refractivity contribution < 1.29 is 21.5 Å². The summed E-state index contributed by atoms with van der Waals surface area (Å²) in [6.07, 6.45) is 4.44. The highest BCUT2D eigenvalue weighted by Gasteiger charge is 2.34. The molecule has 6 nitrogen and oxygen atoms in total. The van der Waals surface area contributed by atoms with Crippen LogP contribution in [0.2, 0.25) is 0 Å². The molecule has 0 spiro atoms. The maximum atomic E-state index is 12.4. The van der Waals surface area contributed by atoms with Crippen LogP contribution in [0.5, 0.6) is 0 Å². The number of fused-ring (bicyclic) bond motifs is 2. The fourth-order valence-corrected chi connectivity index (χ4v) is 4.50. The topological polar surface area (TPSA) is 60.0 Å². The first-order valence-corrected chi connectivity index (χ1v) is 11.8. The zero-order chi connectivity index (χ0) is 22.1. The Morgan fingerprint density at radius 2 is 1.60 bits per heavy atom. The van der Waals surface area contributed by atoms with E-state index in [0.717, 1.165) is 22.2 Å². The molecule has 0 fully saturated rings. The average molecular weight is 428 g/mol. The molecule has 7 heteroatoms. The lowest BCUT2D eigenvalue weighted by Gasteiger charge is -2.23. The molecule has 0 radical (unpaired) electrons. The van der Waals surface area contributed by atoms with Gasteiger partial charge in [0.2, 0.25) is 11.1 Å². The summed E-state index contributed by atoms with van der Waals surface area (Å²) >= 11 is 0. The zero-order valence-corrected chi connectivity index (χ0v) is 19.4. The monoisotopic (exact) mass is 427 g/mol. The third-order valence-corrected chi connectivity index (χ3v) is 6.44. The van der Waals surface area contributed by atoms with Crippen molar-refractivity contribution in [2.75, 3.05) is 6.26 Å².